The molecule has 102 valence electrons. The smallest absolute Gasteiger partial charge is 0.360 e. The van der Waals surface area contributed by atoms with Gasteiger partial charge in [-0.05, 0) is 25.1 Å². The molecular weight excluding hydrogens is 294 g/mol. The molecule has 2 aromatic heterocycles. The molecule has 0 aliphatic carbocycles. The number of aromatic nitrogens is 2. The molecule has 3 aromatic rings. The fourth-order valence-electron chi connectivity index (χ4n) is 1.74. The summed E-state index contributed by atoms with van der Waals surface area (Å²) in [5, 5.41) is 3.90. The monoisotopic (exact) mass is 305 g/mol. The van der Waals surface area contributed by atoms with Crippen LogP contribution in [0.3, 0.4) is 0 Å². The van der Waals surface area contributed by atoms with Crippen molar-refractivity contribution in [3.63, 3.8) is 0 Å². The van der Waals surface area contributed by atoms with Crippen molar-refractivity contribution in [3.8, 4) is 0 Å². The van der Waals surface area contributed by atoms with Crippen molar-refractivity contribution in [2.24, 2.45) is 0 Å². The molecule has 20 heavy (non-hydrogen) atoms. The lowest BCUT2D eigenvalue weighted by molar-refractivity contribution is 0.0521. The van der Waals surface area contributed by atoms with Gasteiger partial charge in [0.1, 0.15) is 5.00 Å². The predicted molar refractivity (Wildman–Crippen MR) is 81.0 cm³/mol. The quantitative estimate of drug-likeness (QED) is 0.745. The van der Waals surface area contributed by atoms with Crippen LogP contribution in [-0.4, -0.2) is 22.5 Å². The van der Waals surface area contributed by atoms with Crippen LogP contribution in [0.4, 0.5) is 10.7 Å². The van der Waals surface area contributed by atoms with E-state index in [0.29, 0.717) is 17.3 Å². The summed E-state index contributed by atoms with van der Waals surface area (Å²) in [7, 11) is 0. The molecule has 0 spiro atoms. The Morgan fingerprint density at radius 2 is 2.15 bits per heavy atom. The molecule has 2 heterocycles. The first-order valence-corrected chi connectivity index (χ1v) is 7.74. The molecule has 0 unspecified atom stereocenters. The van der Waals surface area contributed by atoms with E-state index >= 15 is 0 Å². The van der Waals surface area contributed by atoms with Crippen molar-refractivity contribution in [3.05, 3.63) is 34.9 Å². The van der Waals surface area contributed by atoms with Crippen molar-refractivity contribution in [2.75, 3.05) is 11.9 Å². The first kappa shape index (κ1) is 13.0. The number of nitrogens with zero attached hydrogens (tertiary/aromatic N) is 2. The lowest BCUT2D eigenvalue weighted by Crippen LogP contribution is -2.07. The molecule has 1 aromatic carbocycles. The number of fused-ring (bicyclic) bond motifs is 1. The van der Waals surface area contributed by atoms with Gasteiger partial charge in [-0.2, -0.15) is 0 Å². The maximum atomic E-state index is 11.8. The van der Waals surface area contributed by atoms with Gasteiger partial charge in [0.25, 0.3) is 0 Å². The Labute approximate surface area is 123 Å². The first-order chi connectivity index (χ1) is 9.78. The minimum atomic E-state index is -0.407. The van der Waals surface area contributed by atoms with Crippen LogP contribution in [0, 0.1) is 0 Å². The van der Waals surface area contributed by atoms with Crippen LogP contribution in [0.15, 0.2) is 29.2 Å². The number of hydrogen-bond acceptors (Lipinski definition) is 7. The molecule has 5 nitrogen and oxygen atoms in total. The predicted octanol–water partition coefficient (Wildman–Crippen LogP) is 3.67. The standard InChI is InChI=1S/C13H11N3O2S2/c1-2-18-13(17)11-12(20-7-15-11)16-8-3-4-9-10(5-8)19-6-14-9/h3-7,16H,2H2,1H3. The zero-order valence-corrected chi connectivity index (χ0v) is 12.3. The van der Waals surface area contributed by atoms with E-state index in [0.717, 1.165) is 15.9 Å². The average molecular weight is 305 g/mol. The van der Waals surface area contributed by atoms with E-state index in [4.69, 9.17) is 4.74 Å². The number of rotatable bonds is 4. The van der Waals surface area contributed by atoms with Gasteiger partial charge in [0, 0.05) is 5.69 Å². The van der Waals surface area contributed by atoms with Crippen molar-refractivity contribution in [2.45, 2.75) is 6.92 Å². The zero-order chi connectivity index (χ0) is 13.9. The van der Waals surface area contributed by atoms with Crippen LogP contribution in [0.25, 0.3) is 10.2 Å². The zero-order valence-electron chi connectivity index (χ0n) is 10.6. The maximum Gasteiger partial charge on any atom is 0.360 e. The Bertz CT molecular complexity index is 751. The Morgan fingerprint density at radius 3 is 3.00 bits per heavy atom. The summed E-state index contributed by atoms with van der Waals surface area (Å²) in [6, 6.07) is 5.87. The van der Waals surface area contributed by atoms with Gasteiger partial charge in [0.2, 0.25) is 0 Å². The van der Waals surface area contributed by atoms with Gasteiger partial charge in [-0.25, -0.2) is 14.8 Å². The number of anilines is 2. The highest BCUT2D eigenvalue weighted by atomic mass is 32.1. The second-order valence-electron chi connectivity index (χ2n) is 3.91. The molecule has 0 radical (unpaired) electrons. The number of benzene rings is 1. The third-order valence-corrected chi connectivity index (χ3v) is 4.16. The topological polar surface area (TPSA) is 64.1 Å². The molecule has 0 saturated carbocycles. The highest BCUT2D eigenvalue weighted by Gasteiger charge is 2.16. The number of thiazole rings is 2. The number of ether oxygens (including phenoxy) is 1. The Morgan fingerprint density at radius 1 is 1.30 bits per heavy atom. The number of hydrogen-bond donors (Lipinski definition) is 1. The van der Waals surface area contributed by atoms with Crippen LogP contribution in [0.1, 0.15) is 17.4 Å². The summed E-state index contributed by atoms with van der Waals surface area (Å²) >= 11 is 2.95. The van der Waals surface area contributed by atoms with Crippen molar-refractivity contribution >= 4 is 49.5 Å². The minimum absolute atomic E-state index is 0.321. The van der Waals surface area contributed by atoms with E-state index in [-0.39, 0.29) is 0 Å². The van der Waals surface area contributed by atoms with Gasteiger partial charge >= 0.3 is 5.97 Å². The molecular formula is C13H11N3O2S2. The normalized spacial score (nSPS) is 10.7. The van der Waals surface area contributed by atoms with Gasteiger partial charge in [-0.15, -0.1) is 22.7 Å². The minimum Gasteiger partial charge on any atom is -0.461 e. The Hall–Kier alpha value is -1.99. The molecule has 7 heteroatoms. The third kappa shape index (κ3) is 2.50. The van der Waals surface area contributed by atoms with E-state index in [2.05, 4.69) is 15.3 Å². The molecule has 3 rings (SSSR count). The largest absolute Gasteiger partial charge is 0.461 e. The number of carbonyl (C=O) groups excluding carboxylic acids is 1. The molecule has 0 aliphatic heterocycles. The summed E-state index contributed by atoms with van der Waals surface area (Å²) in [5.41, 5.74) is 5.62. The lowest BCUT2D eigenvalue weighted by Gasteiger charge is -2.06. The van der Waals surface area contributed by atoms with Crippen LogP contribution in [-0.2, 0) is 4.74 Å². The molecule has 1 N–H and O–H groups in total. The summed E-state index contributed by atoms with van der Waals surface area (Å²) < 4.78 is 6.07. The average Bonchev–Trinajstić information content (AvgIpc) is 3.07. The lowest BCUT2D eigenvalue weighted by atomic mass is 10.3. The molecule has 0 aliphatic rings. The van der Waals surface area contributed by atoms with Gasteiger partial charge in [0.15, 0.2) is 5.69 Å². The summed E-state index contributed by atoms with van der Waals surface area (Å²) in [4.78, 5) is 20.1. The third-order valence-electron chi connectivity index (χ3n) is 2.63. The summed E-state index contributed by atoms with van der Waals surface area (Å²) in [6.07, 6.45) is 0. The molecule has 0 amide bonds. The van der Waals surface area contributed by atoms with E-state index in [9.17, 15) is 4.79 Å². The van der Waals surface area contributed by atoms with Crippen molar-refractivity contribution in [1.82, 2.24) is 9.97 Å². The Balaban J connectivity index is 1.87. The van der Waals surface area contributed by atoms with Crippen molar-refractivity contribution < 1.29 is 9.53 Å². The second kappa shape index (κ2) is 5.56. The van der Waals surface area contributed by atoms with Gasteiger partial charge < -0.3 is 10.1 Å². The van der Waals surface area contributed by atoms with Gasteiger partial charge in [-0.1, -0.05) is 0 Å². The molecule has 0 atom stereocenters. The fraction of sp³-hybridized carbons (Fsp3) is 0.154. The SMILES string of the molecule is CCOC(=O)c1ncsc1Nc1ccc2ncsc2c1. The number of nitrogens with one attached hydrogen (secondary N) is 1. The summed E-state index contributed by atoms with van der Waals surface area (Å²) in [6.45, 7) is 2.11. The fourth-order valence-corrected chi connectivity index (χ4v) is 3.15. The Kier molecular flexibility index (Phi) is 3.62. The first-order valence-electron chi connectivity index (χ1n) is 5.99. The number of esters is 1. The highest BCUT2D eigenvalue weighted by Crippen LogP contribution is 2.28. The van der Waals surface area contributed by atoms with Crippen LogP contribution < -0.4 is 5.32 Å². The van der Waals surface area contributed by atoms with Crippen molar-refractivity contribution in [1.29, 1.82) is 0 Å². The molecule has 0 fully saturated rings. The molecule has 0 bridgehead atoms. The van der Waals surface area contributed by atoms with Gasteiger partial charge in [-0.3, -0.25) is 0 Å². The van der Waals surface area contributed by atoms with Crippen LogP contribution in [0.5, 0.6) is 0 Å². The van der Waals surface area contributed by atoms with E-state index in [1.165, 1.54) is 11.3 Å². The van der Waals surface area contributed by atoms with Crippen LogP contribution in [0.2, 0.25) is 0 Å². The van der Waals surface area contributed by atoms with Crippen LogP contribution >= 0.6 is 22.7 Å². The molecule has 0 saturated heterocycles. The maximum absolute atomic E-state index is 11.8. The number of carbonyl (C=O) groups is 1. The highest BCUT2D eigenvalue weighted by molar-refractivity contribution is 7.16. The van der Waals surface area contributed by atoms with E-state index < -0.39 is 5.97 Å². The van der Waals surface area contributed by atoms with E-state index in [1.54, 1.807) is 23.8 Å². The van der Waals surface area contributed by atoms with E-state index in [1.807, 2.05) is 23.7 Å². The second-order valence-corrected chi connectivity index (χ2v) is 5.65. The van der Waals surface area contributed by atoms with Gasteiger partial charge in [0.05, 0.1) is 27.8 Å². The summed E-state index contributed by atoms with van der Waals surface area (Å²) in [5.74, 6) is -0.407.